The van der Waals surface area contributed by atoms with Crippen molar-refractivity contribution < 1.29 is 9.13 Å². The highest BCUT2D eigenvalue weighted by molar-refractivity contribution is 5.89. The summed E-state index contributed by atoms with van der Waals surface area (Å²) in [5.74, 6) is 0.573. The number of rotatable bonds is 1. The van der Waals surface area contributed by atoms with E-state index in [1.165, 1.54) is 6.07 Å². The average Bonchev–Trinajstić information content (AvgIpc) is 2.61. The van der Waals surface area contributed by atoms with E-state index in [-0.39, 0.29) is 18.2 Å². The highest BCUT2D eigenvalue weighted by Gasteiger charge is 2.20. The standard InChI is InChI=1S/C12H13FN2O.ClH/c1-16-12-9-6-8(13)2-3-10(9)15-5-4-14-7-11(12)15;/h2-3,6,14H,4-5,7H2,1H3;1H. The maximum atomic E-state index is 13.2. The van der Waals surface area contributed by atoms with Crippen molar-refractivity contribution in [2.45, 2.75) is 13.1 Å². The van der Waals surface area contributed by atoms with Crippen LogP contribution in [0.15, 0.2) is 18.2 Å². The molecule has 0 bridgehead atoms. The Hall–Kier alpha value is -1.26. The smallest absolute Gasteiger partial charge is 0.149 e. The quantitative estimate of drug-likeness (QED) is 0.848. The van der Waals surface area contributed by atoms with E-state index in [9.17, 15) is 4.39 Å². The Kier molecular flexibility index (Phi) is 3.26. The van der Waals surface area contributed by atoms with Crippen molar-refractivity contribution in [3.8, 4) is 5.75 Å². The molecule has 3 rings (SSSR count). The lowest BCUT2D eigenvalue weighted by Crippen LogP contribution is -2.27. The van der Waals surface area contributed by atoms with Crippen molar-refractivity contribution in [1.82, 2.24) is 9.88 Å². The molecule has 2 heterocycles. The second-order valence-corrected chi connectivity index (χ2v) is 3.97. The SMILES string of the molecule is COc1c2n(c3ccc(F)cc13)CCNC2.Cl. The summed E-state index contributed by atoms with van der Waals surface area (Å²) in [6.07, 6.45) is 0. The van der Waals surface area contributed by atoms with Crippen LogP contribution in [0.5, 0.6) is 5.75 Å². The highest BCUT2D eigenvalue weighted by atomic mass is 35.5. The third kappa shape index (κ3) is 1.77. The van der Waals surface area contributed by atoms with Gasteiger partial charge in [0.1, 0.15) is 11.6 Å². The molecule has 0 fully saturated rings. The maximum Gasteiger partial charge on any atom is 0.149 e. The first-order valence-electron chi connectivity index (χ1n) is 5.36. The van der Waals surface area contributed by atoms with Crippen LogP contribution >= 0.6 is 12.4 Å². The molecule has 2 aromatic rings. The van der Waals surface area contributed by atoms with E-state index in [0.29, 0.717) is 0 Å². The number of aromatic nitrogens is 1. The Balaban J connectivity index is 0.00000108. The normalized spacial score (nSPS) is 14.2. The Morgan fingerprint density at radius 3 is 3.00 bits per heavy atom. The fourth-order valence-corrected chi connectivity index (χ4v) is 2.41. The van der Waals surface area contributed by atoms with Crippen molar-refractivity contribution in [3.05, 3.63) is 29.7 Å². The van der Waals surface area contributed by atoms with E-state index in [2.05, 4.69) is 9.88 Å². The molecule has 0 saturated carbocycles. The van der Waals surface area contributed by atoms with Gasteiger partial charge in [0.05, 0.1) is 18.3 Å². The number of methoxy groups -OCH3 is 1. The van der Waals surface area contributed by atoms with E-state index >= 15 is 0 Å². The molecule has 92 valence electrons. The molecule has 0 spiro atoms. The minimum absolute atomic E-state index is 0. The zero-order chi connectivity index (χ0) is 11.1. The number of nitrogens with zero attached hydrogens (tertiary/aromatic N) is 1. The van der Waals surface area contributed by atoms with Crippen LogP contribution in [-0.2, 0) is 13.1 Å². The largest absolute Gasteiger partial charge is 0.494 e. The lowest BCUT2D eigenvalue weighted by Gasteiger charge is -2.17. The number of hydrogen-bond acceptors (Lipinski definition) is 2. The summed E-state index contributed by atoms with van der Waals surface area (Å²) in [4.78, 5) is 0. The van der Waals surface area contributed by atoms with Crippen LogP contribution in [0.4, 0.5) is 4.39 Å². The van der Waals surface area contributed by atoms with Gasteiger partial charge < -0.3 is 14.6 Å². The predicted molar refractivity (Wildman–Crippen MR) is 67.4 cm³/mol. The first-order chi connectivity index (χ1) is 7.81. The molecule has 0 aliphatic carbocycles. The lowest BCUT2D eigenvalue weighted by molar-refractivity contribution is 0.400. The van der Waals surface area contributed by atoms with Gasteiger partial charge in [0.2, 0.25) is 0 Å². The van der Waals surface area contributed by atoms with E-state index in [1.54, 1.807) is 13.2 Å². The third-order valence-corrected chi connectivity index (χ3v) is 3.09. The number of fused-ring (bicyclic) bond motifs is 3. The maximum absolute atomic E-state index is 13.2. The van der Waals surface area contributed by atoms with Crippen LogP contribution in [0.3, 0.4) is 0 Å². The molecule has 1 aromatic carbocycles. The van der Waals surface area contributed by atoms with Gasteiger partial charge in [-0.1, -0.05) is 0 Å². The van der Waals surface area contributed by atoms with Gasteiger partial charge in [0.25, 0.3) is 0 Å². The third-order valence-electron chi connectivity index (χ3n) is 3.09. The van der Waals surface area contributed by atoms with Crippen molar-refractivity contribution in [3.63, 3.8) is 0 Å². The Morgan fingerprint density at radius 1 is 1.41 bits per heavy atom. The first-order valence-corrected chi connectivity index (χ1v) is 5.36. The second-order valence-electron chi connectivity index (χ2n) is 3.97. The average molecular weight is 257 g/mol. The molecule has 0 amide bonds. The van der Waals surface area contributed by atoms with Crippen molar-refractivity contribution >= 4 is 23.3 Å². The summed E-state index contributed by atoms with van der Waals surface area (Å²) >= 11 is 0. The summed E-state index contributed by atoms with van der Waals surface area (Å²) in [7, 11) is 1.63. The van der Waals surface area contributed by atoms with Crippen molar-refractivity contribution in [2.75, 3.05) is 13.7 Å². The Labute approximate surface area is 105 Å². The van der Waals surface area contributed by atoms with E-state index in [0.717, 1.165) is 42.0 Å². The molecule has 0 radical (unpaired) electrons. The van der Waals surface area contributed by atoms with E-state index in [4.69, 9.17) is 4.74 Å². The molecule has 0 saturated heterocycles. The van der Waals surface area contributed by atoms with Gasteiger partial charge in [0.15, 0.2) is 0 Å². The minimum Gasteiger partial charge on any atom is -0.494 e. The molecule has 3 nitrogen and oxygen atoms in total. The van der Waals surface area contributed by atoms with E-state index in [1.807, 2.05) is 6.07 Å². The number of nitrogens with one attached hydrogen (secondary N) is 1. The molecule has 1 aliphatic heterocycles. The molecule has 1 aromatic heterocycles. The summed E-state index contributed by atoms with van der Waals surface area (Å²) < 4.78 is 20.8. The topological polar surface area (TPSA) is 26.2 Å². The molecule has 1 aliphatic rings. The number of hydrogen-bond donors (Lipinski definition) is 1. The fraction of sp³-hybridized carbons (Fsp3) is 0.333. The van der Waals surface area contributed by atoms with Crippen LogP contribution in [0.1, 0.15) is 5.69 Å². The number of halogens is 2. The molecule has 0 atom stereocenters. The molecular weight excluding hydrogens is 243 g/mol. The fourth-order valence-electron chi connectivity index (χ4n) is 2.41. The van der Waals surface area contributed by atoms with Crippen LogP contribution < -0.4 is 10.1 Å². The minimum atomic E-state index is -0.221. The molecule has 1 N–H and O–H groups in total. The van der Waals surface area contributed by atoms with Crippen LogP contribution in [-0.4, -0.2) is 18.2 Å². The van der Waals surface area contributed by atoms with Gasteiger partial charge in [-0.2, -0.15) is 0 Å². The zero-order valence-electron chi connectivity index (χ0n) is 9.50. The predicted octanol–water partition coefficient (Wildman–Crippen LogP) is 2.31. The van der Waals surface area contributed by atoms with Gasteiger partial charge in [-0.3, -0.25) is 0 Å². The van der Waals surface area contributed by atoms with Crippen LogP contribution in [0.2, 0.25) is 0 Å². The lowest BCUT2D eigenvalue weighted by atomic mass is 10.2. The van der Waals surface area contributed by atoms with Crippen LogP contribution in [0.25, 0.3) is 10.9 Å². The second kappa shape index (κ2) is 4.55. The van der Waals surface area contributed by atoms with Crippen molar-refractivity contribution in [1.29, 1.82) is 0 Å². The summed E-state index contributed by atoms with van der Waals surface area (Å²) in [5.41, 5.74) is 2.16. The van der Waals surface area contributed by atoms with Crippen molar-refractivity contribution in [2.24, 2.45) is 0 Å². The highest BCUT2D eigenvalue weighted by Crippen LogP contribution is 2.34. The van der Waals surface area contributed by atoms with Gasteiger partial charge in [-0.25, -0.2) is 4.39 Å². The Morgan fingerprint density at radius 2 is 2.24 bits per heavy atom. The van der Waals surface area contributed by atoms with Gasteiger partial charge in [-0.05, 0) is 18.2 Å². The molecule has 5 heteroatoms. The molecular formula is C12H14ClFN2O. The summed E-state index contributed by atoms with van der Waals surface area (Å²) in [5, 5.41) is 4.16. The van der Waals surface area contributed by atoms with Gasteiger partial charge >= 0.3 is 0 Å². The summed E-state index contributed by atoms with van der Waals surface area (Å²) in [6, 6.07) is 4.86. The van der Waals surface area contributed by atoms with E-state index < -0.39 is 0 Å². The van der Waals surface area contributed by atoms with Crippen LogP contribution in [0, 0.1) is 5.82 Å². The molecule has 17 heavy (non-hydrogen) atoms. The summed E-state index contributed by atoms with van der Waals surface area (Å²) in [6.45, 7) is 2.62. The zero-order valence-corrected chi connectivity index (χ0v) is 10.3. The monoisotopic (exact) mass is 256 g/mol. The Bertz CT molecular complexity index is 553. The number of ether oxygens (including phenoxy) is 1. The molecule has 0 unspecified atom stereocenters. The first kappa shape index (κ1) is 12.2. The van der Waals surface area contributed by atoms with Gasteiger partial charge in [-0.15, -0.1) is 12.4 Å². The van der Waals surface area contributed by atoms with Gasteiger partial charge in [0, 0.05) is 25.0 Å². The number of benzene rings is 1.